The summed E-state index contributed by atoms with van der Waals surface area (Å²) in [5.74, 6) is -0.380. The molecule has 100 valence electrons. The first kappa shape index (κ1) is 15.1. The van der Waals surface area contributed by atoms with Crippen LogP contribution in [0.5, 0.6) is 0 Å². The van der Waals surface area contributed by atoms with Crippen molar-refractivity contribution >= 4 is 30.1 Å². The van der Waals surface area contributed by atoms with Crippen molar-refractivity contribution in [2.24, 2.45) is 5.41 Å². The Labute approximate surface area is 116 Å². The Morgan fingerprint density at radius 1 is 1.50 bits per heavy atom. The molecule has 1 amide bonds. The van der Waals surface area contributed by atoms with Crippen LogP contribution in [0.3, 0.4) is 0 Å². The molecule has 1 N–H and O–H groups in total. The molecule has 1 fully saturated rings. The molecule has 18 heavy (non-hydrogen) atoms. The van der Waals surface area contributed by atoms with Gasteiger partial charge in [-0.2, -0.15) is 0 Å². The summed E-state index contributed by atoms with van der Waals surface area (Å²) in [6.07, 6.45) is -0.534. The van der Waals surface area contributed by atoms with Crippen LogP contribution < -0.4 is 5.32 Å². The van der Waals surface area contributed by atoms with Crippen molar-refractivity contribution in [1.29, 1.82) is 0 Å². The molecule has 1 aliphatic rings. The largest absolute Gasteiger partial charge is 0.449 e. The second kappa shape index (κ2) is 5.33. The van der Waals surface area contributed by atoms with Crippen LogP contribution in [0, 0.1) is 11.2 Å². The van der Waals surface area contributed by atoms with E-state index in [9.17, 15) is 9.18 Å². The number of alkyl carbamates (subject to hydrolysis) is 1. The molecule has 0 radical (unpaired) electrons. The molecule has 2 rings (SSSR count). The van der Waals surface area contributed by atoms with Crippen molar-refractivity contribution in [1.82, 2.24) is 5.32 Å². The Balaban J connectivity index is 0.00000162. The van der Waals surface area contributed by atoms with E-state index < -0.39 is 12.1 Å². The summed E-state index contributed by atoms with van der Waals surface area (Å²) in [7, 11) is 0. The zero-order valence-electron chi connectivity index (χ0n) is 10.00. The molecule has 1 saturated heterocycles. The minimum Gasteiger partial charge on any atom is -0.449 e. The molecule has 0 saturated carbocycles. The summed E-state index contributed by atoms with van der Waals surface area (Å²) in [4.78, 5) is 11.2. The predicted molar refractivity (Wildman–Crippen MR) is 69.7 cm³/mol. The lowest BCUT2D eigenvalue weighted by Gasteiger charge is -2.38. The molecule has 3 nitrogen and oxygen atoms in total. The third kappa shape index (κ3) is 2.87. The van der Waals surface area contributed by atoms with Crippen LogP contribution in [0.25, 0.3) is 0 Å². The summed E-state index contributed by atoms with van der Waals surface area (Å²) < 4.78 is 18.7. The highest BCUT2D eigenvalue weighted by Gasteiger charge is 2.39. The summed E-state index contributed by atoms with van der Waals surface area (Å²) in [5, 5.41) is 3.07. The fourth-order valence-electron chi connectivity index (χ4n) is 1.92. The SMILES string of the molecule is CC1(C)COC(=O)N[C@H]1c1cc(Cl)ccc1F.Cl. The maximum absolute atomic E-state index is 13.8. The zero-order valence-corrected chi connectivity index (χ0v) is 11.6. The Kier molecular flexibility index (Phi) is 4.46. The molecule has 6 heteroatoms. The van der Waals surface area contributed by atoms with Gasteiger partial charge in [0.1, 0.15) is 12.4 Å². The van der Waals surface area contributed by atoms with E-state index in [0.717, 1.165) is 0 Å². The highest BCUT2D eigenvalue weighted by atomic mass is 35.5. The summed E-state index contributed by atoms with van der Waals surface area (Å²) in [6, 6.07) is 3.88. The first-order valence-corrected chi connectivity index (χ1v) is 5.66. The lowest BCUT2D eigenvalue weighted by molar-refractivity contribution is 0.0378. The zero-order chi connectivity index (χ0) is 12.6. The monoisotopic (exact) mass is 293 g/mol. The topological polar surface area (TPSA) is 38.3 Å². The third-order valence-electron chi connectivity index (χ3n) is 2.89. The molecule has 0 spiro atoms. The first-order chi connectivity index (χ1) is 7.90. The second-order valence-electron chi connectivity index (χ2n) is 4.81. The van der Waals surface area contributed by atoms with Gasteiger partial charge in [-0.25, -0.2) is 9.18 Å². The normalized spacial score (nSPS) is 21.6. The number of carbonyl (C=O) groups is 1. The third-order valence-corrected chi connectivity index (χ3v) is 3.12. The molecular formula is C12H14Cl2FNO2. The number of ether oxygens (including phenoxy) is 1. The second-order valence-corrected chi connectivity index (χ2v) is 5.24. The van der Waals surface area contributed by atoms with E-state index in [4.69, 9.17) is 16.3 Å². The van der Waals surface area contributed by atoms with Crippen LogP contribution in [-0.4, -0.2) is 12.7 Å². The van der Waals surface area contributed by atoms with Gasteiger partial charge in [0.15, 0.2) is 0 Å². The fourth-order valence-corrected chi connectivity index (χ4v) is 2.10. The molecule has 0 aliphatic carbocycles. The maximum atomic E-state index is 13.8. The molecule has 0 aromatic heterocycles. The van der Waals surface area contributed by atoms with Gasteiger partial charge >= 0.3 is 6.09 Å². The summed E-state index contributed by atoms with van der Waals surface area (Å²) in [5.41, 5.74) is -0.00135. The molecular weight excluding hydrogens is 280 g/mol. The minimum atomic E-state index is -0.534. The number of rotatable bonds is 1. The van der Waals surface area contributed by atoms with E-state index in [1.54, 1.807) is 0 Å². The van der Waals surface area contributed by atoms with Gasteiger partial charge < -0.3 is 10.1 Å². The number of amides is 1. The van der Waals surface area contributed by atoms with Crippen LogP contribution in [0.2, 0.25) is 5.02 Å². The van der Waals surface area contributed by atoms with Crippen LogP contribution >= 0.6 is 24.0 Å². The Hall–Kier alpha value is -1.00. The number of hydrogen-bond donors (Lipinski definition) is 1. The number of cyclic esters (lactones) is 1. The molecule has 0 bridgehead atoms. The van der Waals surface area contributed by atoms with Crippen LogP contribution in [0.1, 0.15) is 25.5 Å². The lowest BCUT2D eigenvalue weighted by Crippen LogP contribution is -2.47. The number of halogens is 3. The van der Waals surface area contributed by atoms with Crippen LogP contribution in [0.15, 0.2) is 18.2 Å². The Bertz CT molecular complexity index is 465. The first-order valence-electron chi connectivity index (χ1n) is 5.28. The van der Waals surface area contributed by atoms with Crippen molar-refractivity contribution in [3.05, 3.63) is 34.6 Å². The van der Waals surface area contributed by atoms with Gasteiger partial charge in [0.05, 0.1) is 6.04 Å². The predicted octanol–water partition coefficient (Wildman–Crippen LogP) is 3.71. The van der Waals surface area contributed by atoms with Crippen molar-refractivity contribution < 1.29 is 13.9 Å². The molecule has 0 unspecified atom stereocenters. The maximum Gasteiger partial charge on any atom is 0.407 e. The minimum absolute atomic E-state index is 0. The summed E-state index contributed by atoms with van der Waals surface area (Å²) in [6.45, 7) is 4.05. The fraction of sp³-hybridized carbons (Fsp3) is 0.417. The van der Waals surface area contributed by atoms with Gasteiger partial charge in [0.25, 0.3) is 0 Å². The van der Waals surface area contributed by atoms with Gasteiger partial charge in [0.2, 0.25) is 0 Å². The molecule has 1 aromatic carbocycles. The number of nitrogens with one attached hydrogen (secondary N) is 1. The van der Waals surface area contributed by atoms with E-state index >= 15 is 0 Å². The number of benzene rings is 1. The summed E-state index contributed by atoms with van der Waals surface area (Å²) >= 11 is 5.85. The highest BCUT2D eigenvalue weighted by molar-refractivity contribution is 6.30. The van der Waals surface area contributed by atoms with Crippen molar-refractivity contribution in [2.45, 2.75) is 19.9 Å². The van der Waals surface area contributed by atoms with Gasteiger partial charge in [-0.15, -0.1) is 12.4 Å². The van der Waals surface area contributed by atoms with Gasteiger partial charge in [-0.3, -0.25) is 0 Å². The Morgan fingerprint density at radius 3 is 2.83 bits per heavy atom. The molecule has 1 aliphatic heterocycles. The van der Waals surface area contributed by atoms with Gasteiger partial charge in [0, 0.05) is 16.0 Å². The standard InChI is InChI=1S/C12H13ClFNO2.ClH/c1-12(2)6-17-11(16)15-10(12)8-5-7(13)3-4-9(8)14;/h3-5,10H,6H2,1-2H3,(H,15,16);1H/t10-;/m0./s1. The average Bonchev–Trinajstić information content (AvgIpc) is 2.26. The van der Waals surface area contributed by atoms with E-state index in [1.165, 1.54) is 18.2 Å². The van der Waals surface area contributed by atoms with Crippen LogP contribution in [-0.2, 0) is 4.74 Å². The van der Waals surface area contributed by atoms with Gasteiger partial charge in [-0.05, 0) is 18.2 Å². The highest BCUT2D eigenvalue weighted by Crippen LogP contribution is 2.38. The van der Waals surface area contributed by atoms with Crippen LogP contribution in [0.4, 0.5) is 9.18 Å². The van der Waals surface area contributed by atoms with Gasteiger partial charge in [-0.1, -0.05) is 25.4 Å². The smallest absolute Gasteiger partial charge is 0.407 e. The molecule has 1 heterocycles. The van der Waals surface area contributed by atoms with E-state index in [2.05, 4.69) is 5.32 Å². The molecule has 1 atom stereocenters. The van der Waals surface area contributed by atoms with E-state index in [0.29, 0.717) is 10.6 Å². The lowest BCUT2D eigenvalue weighted by atomic mass is 9.80. The molecule has 1 aromatic rings. The van der Waals surface area contributed by atoms with E-state index in [-0.39, 0.29) is 30.2 Å². The average molecular weight is 294 g/mol. The van der Waals surface area contributed by atoms with Crippen molar-refractivity contribution in [2.75, 3.05) is 6.61 Å². The van der Waals surface area contributed by atoms with Crippen molar-refractivity contribution in [3.63, 3.8) is 0 Å². The Morgan fingerprint density at radius 2 is 2.17 bits per heavy atom. The van der Waals surface area contributed by atoms with Crippen molar-refractivity contribution in [3.8, 4) is 0 Å². The number of hydrogen-bond acceptors (Lipinski definition) is 2. The quantitative estimate of drug-likeness (QED) is 0.857. The van der Waals surface area contributed by atoms with E-state index in [1.807, 2.05) is 13.8 Å². The number of carbonyl (C=O) groups excluding carboxylic acids is 1.